The van der Waals surface area contributed by atoms with Gasteiger partial charge in [-0.15, -0.1) is 0 Å². The Hall–Kier alpha value is -1.62. The summed E-state index contributed by atoms with van der Waals surface area (Å²) >= 11 is 3.47. The maximum atomic E-state index is 12.1. The van der Waals surface area contributed by atoms with Crippen LogP contribution in [0.5, 0.6) is 0 Å². The van der Waals surface area contributed by atoms with E-state index in [-0.39, 0.29) is 17.9 Å². The quantitative estimate of drug-likeness (QED) is 0.887. The molecule has 22 heavy (non-hydrogen) atoms. The molecule has 1 heterocycles. The average Bonchev–Trinajstić information content (AvgIpc) is 2.66. The SMILES string of the molecule is Cc1nn(CC(=O)Nc2ccc(C(C)(C)C)cc2)c(C)c1Br. The molecule has 0 radical (unpaired) electrons. The zero-order chi connectivity index (χ0) is 16.5. The normalized spacial score (nSPS) is 11.5. The molecule has 1 N–H and O–H groups in total. The van der Waals surface area contributed by atoms with Gasteiger partial charge in [-0.05, 0) is 52.9 Å². The highest BCUT2D eigenvalue weighted by molar-refractivity contribution is 9.10. The minimum atomic E-state index is -0.0818. The van der Waals surface area contributed by atoms with Gasteiger partial charge in [-0.1, -0.05) is 32.9 Å². The number of nitrogens with one attached hydrogen (secondary N) is 1. The number of aryl methyl sites for hydroxylation is 1. The maximum Gasteiger partial charge on any atom is 0.246 e. The second-order valence-electron chi connectivity index (χ2n) is 6.52. The summed E-state index contributed by atoms with van der Waals surface area (Å²) in [7, 11) is 0. The van der Waals surface area contributed by atoms with E-state index in [4.69, 9.17) is 0 Å². The first-order valence-electron chi connectivity index (χ1n) is 7.28. The van der Waals surface area contributed by atoms with Crippen molar-refractivity contribution in [2.45, 2.75) is 46.6 Å². The third-order valence-corrected chi connectivity index (χ3v) is 4.77. The number of rotatable bonds is 3. The number of aromatic nitrogens is 2. The molecule has 4 nitrogen and oxygen atoms in total. The zero-order valence-electron chi connectivity index (χ0n) is 13.7. The van der Waals surface area contributed by atoms with Crippen LogP contribution in [0.15, 0.2) is 28.7 Å². The summed E-state index contributed by atoms with van der Waals surface area (Å²) in [4.78, 5) is 12.1. The second-order valence-corrected chi connectivity index (χ2v) is 7.31. The van der Waals surface area contributed by atoms with Crippen molar-refractivity contribution in [3.8, 4) is 0 Å². The highest BCUT2D eigenvalue weighted by Gasteiger charge is 2.14. The maximum absolute atomic E-state index is 12.1. The number of amides is 1. The molecular formula is C17H22BrN3O. The van der Waals surface area contributed by atoms with Gasteiger partial charge in [0.2, 0.25) is 5.91 Å². The highest BCUT2D eigenvalue weighted by Crippen LogP contribution is 2.23. The molecule has 1 aromatic heterocycles. The Kier molecular flexibility index (Phi) is 4.75. The van der Waals surface area contributed by atoms with Gasteiger partial charge in [0, 0.05) is 5.69 Å². The van der Waals surface area contributed by atoms with Gasteiger partial charge in [0.25, 0.3) is 0 Å². The van der Waals surface area contributed by atoms with Crippen molar-refractivity contribution in [2.75, 3.05) is 5.32 Å². The summed E-state index contributed by atoms with van der Waals surface area (Å²) in [5, 5.41) is 7.26. The lowest BCUT2D eigenvalue weighted by Gasteiger charge is -2.19. The van der Waals surface area contributed by atoms with Crippen LogP contribution in [0.3, 0.4) is 0 Å². The summed E-state index contributed by atoms with van der Waals surface area (Å²) in [6, 6.07) is 7.98. The van der Waals surface area contributed by atoms with E-state index in [0.29, 0.717) is 0 Å². The standard InChI is InChI=1S/C17H22BrN3O/c1-11-16(18)12(2)21(20-11)10-15(22)19-14-8-6-13(7-9-14)17(3,4)5/h6-9H,10H2,1-5H3,(H,19,22). The number of nitrogens with zero attached hydrogens (tertiary/aromatic N) is 2. The van der Waals surface area contributed by atoms with Crippen LogP contribution in [0.2, 0.25) is 0 Å². The first kappa shape index (κ1) is 16.7. The van der Waals surface area contributed by atoms with Crippen LogP contribution >= 0.6 is 15.9 Å². The van der Waals surface area contributed by atoms with E-state index in [1.165, 1.54) is 5.56 Å². The van der Waals surface area contributed by atoms with Crippen LogP contribution in [0.4, 0.5) is 5.69 Å². The zero-order valence-corrected chi connectivity index (χ0v) is 15.3. The smallest absolute Gasteiger partial charge is 0.246 e. The molecule has 0 aliphatic carbocycles. The van der Waals surface area contributed by atoms with E-state index in [1.807, 2.05) is 26.0 Å². The fourth-order valence-corrected chi connectivity index (χ4v) is 2.50. The Bertz CT molecular complexity index is 681. The summed E-state index contributed by atoms with van der Waals surface area (Å²) < 4.78 is 2.66. The van der Waals surface area contributed by atoms with E-state index in [0.717, 1.165) is 21.5 Å². The minimum Gasteiger partial charge on any atom is -0.324 e. The van der Waals surface area contributed by atoms with Gasteiger partial charge in [-0.25, -0.2) is 0 Å². The van der Waals surface area contributed by atoms with Crippen molar-refractivity contribution in [1.82, 2.24) is 9.78 Å². The summed E-state index contributed by atoms with van der Waals surface area (Å²) in [5.41, 5.74) is 4.00. The van der Waals surface area contributed by atoms with Crippen molar-refractivity contribution >= 4 is 27.5 Å². The van der Waals surface area contributed by atoms with E-state index in [2.05, 4.69) is 59.2 Å². The number of halogens is 1. The van der Waals surface area contributed by atoms with Crippen molar-refractivity contribution in [2.24, 2.45) is 0 Å². The predicted octanol–water partition coefficient (Wildman–Crippen LogP) is 4.20. The molecule has 1 amide bonds. The largest absolute Gasteiger partial charge is 0.324 e. The number of carbonyl (C=O) groups excluding carboxylic acids is 1. The first-order chi connectivity index (χ1) is 10.2. The lowest BCUT2D eigenvalue weighted by molar-refractivity contribution is -0.116. The van der Waals surface area contributed by atoms with E-state index in [1.54, 1.807) is 4.68 Å². The predicted molar refractivity (Wildman–Crippen MR) is 93.2 cm³/mol. The fourth-order valence-electron chi connectivity index (χ4n) is 2.22. The third-order valence-electron chi connectivity index (χ3n) is 3.62. The van der Waals surface area contributed by atoms with Crippen LogP contribution in [-0.4, -0.2) is 15.7 Å². The van der Waals surface area contributed by atoms with Gasteiger partial charge in [0.05, 0.1) is 15.9 Å². The van der Waals surface area contributed by atoms with Crippen LogP contribution in [0, 0.1) is 13.8 Å². The fraction of sp³-hybridized carbons (Fsp3) is 0.412. The molecule has 0 bridgehead atoms. The number of anilines is 1. The van der Waals surface area contributed by atoms with Gasteiger partial charge < -0.3 is 5.32 Å². The first-order valence-corrected chi connectivity index (χ1v) is 8.07. The van der Waals surface area contributed by atoms with Gasteiger partial charge in [0.1, 0.15) is 6.54 Å². The molecule has 0 aliphatic heterocycles. The van der Waals surface area contributed by atoms with E-state index in [9.17, 15) is 4.79 Å². The van der Waals surface area contributed by atoms with Crippen molar-refractivity contribution < 1.29 is 4.79 Å². The number of hydrogen-bond donors (Lipinski definition) is 1. The molecule has 118 valence electrons. The lowest BCUT2D eigenvalue weighted by Crippen LogP contribution is -2.20. The van der Waals surface area contributed by atoms with Gasteiger partial charge in [-0.2, -0.15) is 5.10 Å². The van der Waals surface area contributed by atoms with Gasteiger partial charge in [0.15, 0.2) is 0 Å². The lowest BCUT2D eigenvalue weighted by atomic mass is 9.87. The molecular weight excluding hydrogens is 342 g/mol. The summed E-state index contributed by atoms with van der Waals surface area (Å²) in [5.74, 6) is -0.0818. The molecule has 5 heteroatoms. The van der Waals surface area contributed by atoms with Gasteiger partial charge in [-0.3, -0.25) is 9.48 Å². The summed E-state index contributed by atoms with van der Waals surface area (Å²) in [6.45, 7) is 10.6. The number of hydrogen-bond acceptors (Lipinski definition) is 2. The highest BCUT2D eigenvalue weighted by atomic mass is 79.9. The Morgan fingerprint density at radius 2 is 1.82 bits per heavy atom. The molecule has 1 aromatic carbocycles. The molecule has 0 unspecified atom stereocenters. The molecule has 2 aromatic rings. The Labute approximate surface area is 140 Å². The molecule has 0 fully saturated rings. The minimum absolute atomic E-state index is 0.0818. The van der Waals surface area contributed by atoms with Crippen molar-refractivity contribution in [3.05, 3.63) is 45.7 Å². The van der Waals surface area contributed by atoms with Crippen LogP contribution < -0.4 is 5.32 Å². The van der Waals surface area contributed by atoms with Crippen LogP contribution in [-0.2, 0) is 16.8 Å². The molecule has 0 atom stereocenters. The van der Waals surface area contributed by atoms with Crippen LogP contribution in [0.25, 0.3) is 0 Å². The Morgan fingerprint density at radius 3 is 2.27 bits per heavy atom. The van der Waals surface area contributed by atoms with E-state index < -0.39 is 0 Å². The molecule has 0 saturated heterocycles. The third kappa shape index (κ3) is 3.77. The Balaban J connectivity index is 2.04. The van der Waals surface area contributed by atoms with Crippen molar-refractivity contribution in [3.63, 3.8) is 0 Å². The summed E-state index contributed by atoms with van der Waals surface area (Å²) in [6.07, 6.45) is 0. The topological polar surface area (TPSA) is 46.9 Å². The number of benzene rings is 1. The van der Waals surface area contributed by atoms with E-state index >= 15 is 0 Å². The molecule has 0 saturated carbocycles. The molecule has 0 aliphatic rings. The van der Waals surface area contributed by atoms with Crippen LogP contribution in [0.1, 0.15) is 37.7 Å². The monoisotopic (exact) mass is 363 g/mol. The Morgan fingerprint density at radius 1 is 1.23 bits per heavy atom. The molecule has 2 rings (SSSR count). The van der Waals surface area contributed by atoms with Gasteiger partial charge >= 0.3 is 0 Å². The average molecular weight is 364 g/mol. The molecule has 0 spiro atoms. The van der Waals surface area contributed by atoms with Crippen molar-refractivity contribution in [1.29, 1.82) is 0 Å². The second kappa shape index (κ2) is 6.24. The number of carbonyl (C=O) groups is 1.